The lowest BCUT2D eigenvalue weighted by Gasteiger charge is -2.35. The summed E-state index contributed by atoms with van der Waals surface area (Å²) in [5.41, 5.74) is 6.36. The van der Waals surface area contributed by atoms with Crippen molar-refractivity contribution in [2.75, 3.05) is 0 Å². The molecule has 0 spiro atoms. The van der Waals surface area contributed by atoms with Gasteiger partial charge in [-0.25, -0.2) is 4.98 Å². The lowest BCUT2D eigenvalue weighted by Crippen LogP contribution is -2.37. The number of aromatic nitrogens is 2. The minimum Gasteiger partial charge on any atom is -0.326 e. The van der Waals surface area contributed by atoms with E-state index in [-0.39, 0.29) is 6.04 Å². The topological polar surface area (TPSA) is 43.8 Å². The van der Waals surface area contributed by atoms with Gasteiger partial charge in [-0.1, -0.05) is 19.4 Å². The molecule has 3 unspecified atom stereocenters. The summed E-state index contributed by atoms with van der Waals surface area (Å²) >= 11 is 1.74. The normalized spacial score (nSPS) is 27.6. The highest BCUT2D eigenvalue weighted by atomic mass is 32.1. The molecular formula is C15H21N3S. The third-order valence-electron chi connectivity index (χ3n) is 4.32. The van der Waals surface area contributed by atoms with Crippen molar-refractivity contribution in [2.24, 2.45) is 11.7 Å². The van der Waals surface area contributed by atoms with Crippen LogP contribution >= 0.6 is 11.3 Å². The molecule has 3 nitrogen and oxygen atoms in total. The van der Waals surface area contributed by atoms with Gasteiger partial charge in [0, 0.05) is 18.4 Å². The Labute approximate surface area is 118 Å². The highest BCUT2D eigenvalue weighted by Crippen LogP contribution is 2.36. The van der Waals surface area contributed by atoms with E-state index in [1.807, 2.05) is 6.20 Å². The average Bonchev–Trinajstić information content (AvgIpc) is 3.09. The molecule has 1 fully saturated rings. The van der Waals surface area contributed by atoms with Crippen molar-refractivity contribution in [3.63, 3.8) is 0 Å². The first kappa shape index (κ1) is 12.9. The van der Waals surface area contributed by atoms with Crippen molar-refractivity contribution < 1.29 is 0 Å². The Balaban J connectivity index is 1.91. The van der Waals surface area contributed by atoms with Gasteiger partial charge in [-0.05, 0) is 36.6 Å². The summed E-state index contributed by atoms with van der Waals surface area (Å²) in [5, 5.41) is 2.10. The molecule has 0 radical (unpaired) electrons. The van der Waals surface area contributed by atoms with E-state index in [2.05, 4.69) is 40.2 Å². The summed E-state index contributed by atoms with van der Waals surface area (Å²) in [6.07, 6.45) is 8.84. The second-order valence-corrected chi connectivity index (χ2v) is 6.40. The van der Waals surface area contributed by atoms with Crippen LogP contribution in [-0.4, -0.2) is 15.6 Å². The van der Waals surface area contributed by atoms with Crippen LogP contribution in [0.4, 0.5) is 0 Å². The molecule has 102 valence electrons. The van der Waals surface area contributed by atoms with E-state index >= 15 is 0 Å². The minimum absolute atomic E-state index is 0.260. The SMILES string of the molecule is CCC1CCC(N)C(n2ccnc2-c2cccs2)C1. The highest BCUT2D eigenvalue weighted by Gasteiger charge is 2.29. The van der Waals surface area contributed by atoms with Gasteiger partial charge >= 0.3 is 0 Å². The first-order valence-corrected chi connectivity index (χ1v) is 7.99. The van der Waals surface area contributed by atoms with Crippen molar-refractivity contribution in [3.8, 4) is 10.7 Å². The lowest BCUT2D eigenvalue weighted by atomic mass is 9.81. The summed E-state index contributed by atoms with van der Waals surface area (Å²) in [4.78, 5) is 5.77. The number of hydrogen-bond acceptors (Lipinski definition) is 3. The summed E-state index contributed by atoms with van der Waals surface area (Å²) in [6, 6.07) is 4.87. The Kier molecular flexibility index (Phi) is 3.71. The van der Waals surface area contributed by atoms with E-state index in [1.165, 1.54) is 24.1 Å². The first-order chi connectivity index (χ1) is 9.29. The van der Waals surface area contributed by atoms with Gasteiger partial charge in [0.1, 0.15) is 5.82 Å². The van der Waals surface area contributed by atoms with Crippen LogP contribution < -0.4 is 5.73 Å². The number of rotatable bonds is 3. The maximum absolute atomic E-state index is 6.36. The van der Waals surface area contributed by atoms with E-state index in [9.17, 15) is 0 Å². The molecular weight excluding hydrogens is 254 g/mol. The molecule has 2 N–H and O–H groups in total. The molecule has 0 bridgehead atoms. The van der Waals surface area contributed by atoms with Crippen LogP contribution in [0.25, 0.3) is 10.7 Å². The molecule has 2 aromatic heterocycles. The maximum atomic E-state index is 6.36. The van der Waals surface area contributed by atoms with Crippen molar-refractivity contribution in [3.05, 3.63) is 29.9 Å². The fourth-order valence-electron chi connectivity index (χ4n) is 3.12. The number of nitrogens with zero attached hydrogens (tertiary/aromatic N) is 2. The Bertz CT molecular complexity index is 517. The second kappa shape index (κ2) is 5.47. The largest absolute Gasteiger partial charge is 0.326 e. The molecule has 3 rings (SSSR count). The van der Waals surface area contributed by atoms with Crippen molar-refractivity contribution in [1.29, 1.82) is 0 Å². The molecule has 0 aliphatic heterocycles. The fraction of sp³-hybridized carbons (Fsp3) is 0.533. The van der Waals surface area contributed by atoms with Gasteiger partial charge in [0.2, 0.25) is 0 Å². The zero-order valence-electron chi connectivity index (χ0n) is 11.3. The Morgan fingerprint density at radius 2 is 2.37 bits per heavy atom. The molecule has 3 atom stereocenters. The van der Waals surface area contributed by atoms with Gasteiger partial charge < -0.3 is 10.3 Å². The summed E-state index contributed by atoms with van der Waals surface area (Å²) < 4.78 is 2.30. The van der Waals surface area contributed by atoms with Crippen LogP contribution in [0.2, 0.25) is 0 Å². The molecule has 1 aliphatic rings. The zero-order valence-corrected chi connectivity index (χ0v) is 12.1. The van der Waals surface area contributed by atoms with Gasteiger partial charge in [0.15, 0.2) is 0 Å². The first-order valence-electron chi connectivity index (χ1n) is 7.12. The van der Waals surface area contributed by atoms with Crippen LogP contribution in [0.3, 0.4) is 0 Å². The summed E-state index contributed by atoms with van der Waals surface area (Å²) in [7, 11) is 0. The molecule has 2 aromatic rings. The van der Waals surface area contributed by atoms with Crippen molar-refractivity contribution in [2.45, 2.75) is 44.7 Å². The molecule has 0 saturated heterocycles. The maximum Gasteiger partial charge on any atom is 0.150 e. The molecule has 4 heteroatoms. The van der Waals surface area contributed by atoms with Gasteiger partial charge in [0.05, 0.1) is 10.9 Å². The average molecular weight is 275 g/mol. The quantitative estimate of drug-likeness (QED) is 0.928. The number of imidazole rings is 1. The third-order valence-corrected chi connectivity index (χ3v) is 5.19. The molecule has 0 amide bonds. The Morgan fingerprint density at radius 1 is 1.47 bits per heavy atom. The van der Waals surface area contributed by atoms with E-state index in [0.29, 0.717) is 6.04 Å². The lowest BCUT2D eigenvalue weighted by molar-refractivity contribution is 0.231. The highest BCUT2D eigenvalue weighted by molar-refractivity contribution is 7.13. The van der Waals surface area contributed by atoms with Crippen LogP contribution in [0.1, 0.15) is 38.6 Å². The van der Waals surface area contributed by atoms with Gasteiger partial charge in [-0.15, -0.1) is 11.3 Å². The Morgan fingerprint density at radius 3 is 3.11 bits per heavy atom. The standard InChI is InChI=1S/C15H21N3S/c1-2-11-5-6-12(16)13(10-11)18-8-7-17-15(18)14-4-3-9-19-14/h3-4,7-9,11-13H,2,5-6,10,16H2,1H3. The molecule has 1 saturated carbocycles. The summed E-state index contributed by atoms with van der Waals surface area (Å²) in [6.45, 7) is 2.28. The number of hydrogen-bond donors (Lipinski definition) is 1. The summed E-state index contributed by atoms with van der Waals surface area (Å²) in [5.74, 6) is 1.88. The van der Waals surface area contributed by atoms with E-state index in [1.54, 1.807) is 11.3 Å². The van der Waals surface area contributed by atoms with Gasteiger partial charge in [0.25, 0.3) is 0 Å². The van der Waals surface area contributed by atoms with E-state index in [0.717, 1.165) is 18.2 Å². The fourth-order valence-corrected chi connectivity index (χ4v) is 3.85. The predicted molar refractivity (Wildman–Crippen MR) is 80.2 cm³/mol. The second-order valence-electron chi connectivity index (χ2n) is 5.45. The number of thiophene rings is 1. The minimum atomic E-state index is 0.260. The monoisotopic (exact) mass is 275 g/mol. The van der Waals surface area contributed by atoms with Crippen LogP contribution in [-0.2, 0) is 0 Å². The molecule has 19 heavy (non-hydrogen) atoms. The number of nitrogens with two attached hydrogens (primary N) is 1. The van der Waals surface area contributed by atoms with Gasteiger partial charge in [-0.2, -0.15) is 0 Å². The van der Waals surface area contributed by atoms with E-state index in [4.69, 9.17) is 5.73 Å². The van der Waals surface area contributed by atoms with Gasteiger partial charge in [-0.3, -0.25) is 0 Å². The van der Waals surface area contributed by atoms with Crippen molar-refractivity contribution in [1.82, 2.24) is 9.55 Å². The smallest absolute Gasteiger partial charge is 0.150 e. The van der Waals surface area contributed by atoms with Crippen LogP contribution in [0, 0.1) is 5.92 Å². The molecule has 2 heterocycles. The Hall–Kier alpha value is -1.13. The van der Waals surface area contributed by atoms with Crippen molar-refractivity contribution >= 4 is 11.3 Å². The molecule has 1 aliphatic carbocycles. The van der Waals surface area contributed by atoms with Crippen LogP contribution in [0.5, 0.6) is 0 Å². The predicted octanol–water partition coefficient (Wildman–Crippen LogP) is 3.69. The van der Waals surface area contributed by atoms with Crippen LogP contribution in [0.15, 0.2) is 29.9 Å². The molecule has 0 aromatic carbocycles. The third kappa shape index (κ3) is 2.47. The van der Waals surface area contributed by atoms with E-state index < -0.39 is 0 Å². The zero-order chi connectivity index (χ0) is 13.2.